The lowest BCUT2D eigenvalue weighted by Gasteiger charge is -2.27. The molecule has 0 bridgehead atoms. The lowest BCUT2D eigenvalue weighted by Crippen LogP contribution is -2.45. The Bertz CT molecular complexity index is 910. The third kappa shape index (κ3) is 3.74. The van der Waals surface area contributed by atoms with E-state index < -0.39 is 29.1 Å². The summed E-state index contributed by atoms with van der Waals surface area (Å²) in [6.07, 6.45) is -6.25. The van der Waals surface area contributed by atoms with Crippen LogP contribution in [0.3, 0.4) is 0 Å². The number of anilines is 1. The third-order valence-electron chi connectivity index (χ3n) is 3.66. The number of halogens is 4. The third-order valence-corrected chi connectivity index (χ3v) is 5.38. The van der Waals surface area contributed by atoms with Crippen molar-refractivity contribution in [3.05, 3.63) is 58.0 Å². The van der Waals surface area contributed by atoms with E-state index in [1.807, 2.05) is 0 Å². The van der Waals surface area contributed by atoms with Crippen LogP contribution in [0.15, 0.2) is 53.0 Å². The molecule has 9 heteroatoms. The molecule has 0 saturated carbocycles. The van der Waals surface area contributed by atoms with Crippen molar-refractivity contribution >= 4 is 49.1 Å². The summed E-state index contributed by atoms with van der Waals surface area (Å²) in [7, 11) is 0. The summed E-state index contributed by atoms with van der Waals surface area (Å²) in [5.41, 5.74) is -2.70. The number of hydrogen-bond acceptors (Lipinski definition) is 4. The van der Waals surface area contributed by atoms with Gasteiger partial charge in [-0.15, -0.1) is 11.3 Å². The summed E-state index contributed by atoms with van der Waals surface area (Å²) >= 11 is 3.94. The van der Waals surface area contributed by atoms with Crippen LogP contribution in [0.4, 0.5) is 18.9 Å². The second kappa shape index (κ2) is 6.98. The zero-order valence-electron chi connectivity index (χ0n) is 13.0. The van der Waals surface area contributed by atoms with Crippen molar-refractivity contribution in [1.29, 1.82) is 0 Å². The molecule has 0 aliphatic carbocycles. The normalized spacial score (nSPS) is 14.2. The zero-order valence-corrected chi connectivity index (χ0v) is 15.5. The molecule has 0 saturated heterocycles. The molecule has 26 heavy (non-hydrogen) atoms. The van der Waals surface area contributed by atoms with Crippen molar-refractivity contribution in [2.45, 2.75) is 18.2 Å². The number of amides is 1. The Kier molecular flexibility index (Phi) is 5.05. The fourth-order valence-electron chi connectivity index (χ4n) is 2.32. The number of fused-ring (bicyclic) bond motifs is 1. The summed E-state index contributed by atoms with van der Waals surface area (Å²) in [5.74, 6) is -0.966. The van der Waals surface area contributed by atoms with Gasteiger partial charge in [-0.25, -0.2) is 4.98 Å². The van der Waals surface area contributed by atoms with E-state index in [0.29, 0.717) is 27.2 Å². The Morgan fingerprint density at radius 2 is 1.81 bits per heavy atom. The van der Waals surface area contributed by atoms with Gasteiger partial charge in [0.15, 0.2) is 0 Å². The molecule has 3 aromatic rings. The van der Waals surface area contributed by atoms with Crippen LogP contribution >= 0.6 is 27.3 Å². The van der Waals surface area contributed by atoms with Gasteiger partial charge in [-0.3, -0.25) is 4.79 Å². The lowest BCUT2D eigenvalue weighted by atomic mass is 9.99. The van der Waals surface area contributed by atoms with Crippen LogP contribution in [-0.2, 0) is 10.4 Å². The van der Waals surface area contributed by atoms with E-state index in [-0.39, 0.29) is 0 Å². The molecule has 2 N–H and O–H groups in total. The van der Waals surface area contributed by atoms with E-state index in [9.17, 15) is 23.1 Å². The highest BCUT2D eigenvalue weighted by molar-refractivity contribution is 9.10. The minimum Gasteiger partial charge on any atom is -0.374 e. The quantitative estimate of drug-likeness (QED) is 0.605. The van der Waals surface area contributed by atoms with Crippen molar-refractivity contribution in [2.75, 3.05) is 5.32 Å². The highest BCUT2D eigenvalue weighted by atomic mass is 79.9. The lowest BCUT2D eigenvalue weighted by molar-refractivity contribution is -0.266. The van der Waals surface area contributed by atoms with Gasteiger partial charge in [0.05, 0.1) is 16.6 Å². The molecule has 1 amide bonds. The molecule has 1 heterocycles. The average Bonchev–Trinajstić information content (AvgIpc) is 3.00. The number of nitrogens with one attached hydrogen (secondary N) is 1. The fourth-order valence-corrected chi connectivity index (χ4v) is 3.66. The maximum atomic E-state index is 13.6. The molecule has 4 nitrogen and oxygen atoms in total. The molecule has 0 spiro atoms. The van der Waals surface area contributed by atoms with Gasteiger partial charge in [0.1, 0.15) is 5.01 Å². The molecule has 0 radical (unpaired) electrons. The number of aromatic nitrogens is 1. The van der Waals surface area contributed by atoms with Gasteiger partial charge in [0.2, 0.25) is 11.5 Å². The van der Waals surface area contributed by atoms with Gasteiger partial charge in [-0.1, -0.05) is 28.1 Å². The van der Waals surface area contributed by atoms with Gasteiger partial charge in [0, 0.05) is 10.2 Å². The van der Waals surface area contributed by atoms with Crippen LogP contribution in [0, 0.1) is 0 Å². The van der Waals surface area contributed by atoms with Crippen LogP contribution in [0.5, 0.6) is 0 Å². The van der Waals surface area contributed by atoms with Crippen molar-refractivity contribution < 1.29 is 23.1 Å². The molecular weight excluding hydrogens is 433 g/mol. The Hall–Kier alpha value is -1.97. The first kappa shape index (κ1) is 18.8. The topological polar surface area (TPSA) is 62.2 Å². The highest BCUT2D eigenvalue weighted by Gasteiger charge is 2.58. The van der Waals surface area contributed by atoms with E-state index >= 15 is 0 Å². The number of alkyl halides is 3. The Labute approximate surface area is 158 Å². The van der Waals surface area contributed by atoms with E-state index in [1.54, 1.807) is 36.4 Å². The number of rotatable bonds is 4. The van der Waals surface area contributed by atoms with Crippen molar-refractivity contribution in [1.82, 2.24) is 4.98 Å². The van der Waals surface area contributed by atoms with Crippen LogP contribution in [0.2, 0.25) is 0 Å². The minimum atomic E-state index is -5.06. The number of thiazole rings is 1. The number of hydrogen-bond donors (Lipinski definition) is 2. The Morgan fingerprint density at radius 3 is 2.42 bits per heavy atom. The number of nitrogens with zero attached hydrogens (tertiary/aromatic N) is 1. The highest BCUT2D eigenvalue weighted by Crippen LogP contribution is 2.44. The van der Waals surface area contributed by atoms with Gasteiger partial charge in [-0.05, 0) is 36.4 Å². The molecule has 1 atom stereocenters. The average molecular weight is 445 g/mol. The van der Waals surface area contributed by atoms with Gasteiger partial charge >= 0.3 is 6.18 Å². The molecule has 3 rings (SSSR count). The van der Waals surface area contributed by atoms with Gasteiger partial charge < -0.3 is 10.4 Å². The van der Waals surface area contributed by atoms with Crippen molar-refractivity contribution in [2.24, 2.45) is 0 Å². The molecule has 1 unspecified atom stereocenters. The van der Waals surface area contributed by atoms with Crippen LogP contribution in [0.1, 0.15) is 11.4 Å². The molecule has 0 fully saturated rings. The Morgan fingerprint density at radius 1 is 1.15 bits per heavy atom. The summed E-state index contributed by atoms with van der Waals surface area (Å²) in [4.78, 5) is 16.0. The molecule has 2 aromatic carbocycles. The standard InChI is InChI=1S/C17H12BrF3N2O2S/c18-10-5-7-11(8-6-10)22-14(24)9-16(25,17(19,20)21)15-23-12-3-1-2-4-13(12)26-15/h1-8,25H,9H2,(H,22,24). The maximum Gasteiger partial charge on any atom is 0.424 e. The van der Waals surface area contributed by atoms with Crippen LogP contribution in [-0.4, -0.2) is 22.2 Å². The molecule has 0 aliphatic heterocycles. The predicted molar refractivity (Wildman–Crippen MR) is 97.0 cm³/mol. The molecule has 1 aromatic heterocycles. The molecule has 0 aliphatic rings. The number of para-hydroxylation sites is 1. The number of benzene rings is 2. The van der Waals surface area contributed by atoms with E-state index in [0.717, 1.165) is 4.47 Å². The first-order valence-corrected chi connectivity index (χ1v) is 9.00. The van der Waals surface area contributed by atoms with E-state index in [2.05, 4.69) is 26.2 Å². The van der Waals surface area contributed by atoms with Crippen LogP contribution in [0.25, 0.3) is 10.2 Å². The van der Waals surface area contributed by atoms with E-state index in [1.165, 1.54) is 12.1 Å². The SMILES string of the molecule is O=C(CC(O)(c1nc2ccccc2s1)C(F)(F)F)Nc1ccc(Br)cc1. The molecular formula is C17H12BrF3N2O2S. The maximum absolute atomic E-state index is 13.6. The van der Waals surface area contributed by atoms with Gasteiger partial charge in [-0.2, -0.15) is 13.2 Å². The summed E-state index contributed by atoms with van der Waals surface area (Å²) in [6, 6.07) is 12.8. The molecule has 136 valence electrons. The summed E-state index contributed by atoms with van der Waals surface area (Å²) < 4.78 is 42.1. The van der Waals surface area contributed by atoms with E-state index in [4.69, 9.17) is 0 Å². The Balaban J connectivity index is 1.90. The van der Waals surface area contributed by atoms with Crippen molar-refractivity contribution in [3.8, 4) is 0 Å². The zero-order chi connectivity index (χ0) is 18.9. The second-order valence-electron chi connectivity index (χ2n) is 5.58. The largest absolute Gasteiger partial charge is 0.424 e. The number of carbonyl (C=O) groups excluding carboxylic acids is 1. The summed E-state index contributed by atoms with van der Waals surface area (Å²) in [5, 5.41) is 12.2. The predicted octanol–water partition coefficient (Wildman–Crippen LogP) is 4.84. The smallest absolute Gasteiger partial charge is 0.374 e. The first-order valence-electron chi connectivity index (χ1n) is 7.39. The van der Waals surface area contributed by atoms with Crippen molar-refractivity contribution in [3.63, 3.8) is 0 Å². The minimum absolute atomic E-state index is 0.326. The monoisotopic (exact) mass is 444 g/mol. The number of aliphatic hydroxyl groups is 1. The second-order valence-corrected chi connectivity index (χ2v) is 7.52. The van der Waals surface area contributed by atoms with Crippen LogP contribution < -0.4 is 5.32 Å². The number of carbonyl (C=O) groups is 1. The first-order chi connectivity index (χ1) is 12.2. The summed E-state index contributed by atoms with van der Waals surface area (Å²) in [6.45, 7) is 0. The van der Waals surface area contributed by atoms with Gasteiger partial charge in [0.25, 0.3) is 0 Å². The fraction of sp³-hybridized carbons (Fsp3) is 0.176.